The molecule has 0 fully saturated rings. The summed E-state index contributed by atoms with van der Waals surface area (Å²) in [6.07, 6.45) is 0.346. The molecule has 0 aliphatic rings. The topological polar surface area (TPSA) is 82.1 Å². The summed E-state index contributed by atoms with van der Waals surface area (Å²) in [6.45, 7) is 2.44. The van der Waals surface area contributed by atoms with E-state index in [0.717, 1.165) is 16.5 Å². The third-order valence-corrected chi connectivity index (χ3v) is 5.76. The number of aryl methyl sites for hydroxylation is 1. The molecule has 0 atom stereocenters. The van der Waals surface area contributed by atoms with Gasteiger partial charge in [0, 0.05) is 29.2 Å². The van der Waals surface area contributed by atoms with Crippen molar-refractivity contribution in [1.29, 1.82) is 5.26 Å². The van der Waals surface area contributed by atoms with Crippen molar-refractivity contribution >= 4 is 22.2 Å². The summed E-state index contributed by atoms with van der Waals surface area (Å²) in [5.74, 6) is 0. The van der Waals surface area contributed by atoms with E-state index >= 15 is 0 Å². The van der Waals surface area contributed by atoms with Crippen LogP contribution < -0.4 is 0 Å². The predicted octanol–water partition coefficient (Wildman–Crippen LogP) is 3.98. The highest BCUT2D eigenvalue weighted by Gasteiger charge is 2.16. The molecule has 6 heteroatoms. The van der Waals surface area contributed by atoms with Gasteiger partial charge in [0.25, 0.3) is 0 Å². The van der Waals surface area contributed by atoms with E-state index in [1.165, 1.54) is 16.9 Å². The van der Waals surface area contributed by atoms with Gasteiger partial charge in [-0.3, -0.25) is 0 Å². The van der Waals surface area contributed by atoms with Crippen LogP contribution in [0.25, 0.3) is 21.5 Å². The van der Waals surface area contributed by atoms with Gasteiger partial charge >= 0.3 is 0 Å². The molecule has 0 radical (unpaired) electrons. The van der Waals surface area contributed by atoms with Crippen LogP contribution in [-0.4, -0.2) is 19.8 Å². The molecule has 4 aromatic rings. The Morgan fingerprint density at radius 3 is 2.63 bits per heavy atom. The average Bonchev–Trinajstić information content (AvgIpc) is 3.23. The monoisotopic (exact) mass is 375 g/mol. The first-order chi connectivity index (χ1) is 13.1. The molecule has 2 aromatic heterocycles. The number of aromatic nitrogens is 2. The molecule has 5 nitrogen and oxygen atoms in total. The summed E-state index contributed by atoms with van der Waals surface area (Å²) in [5.41, 5.74) is 4.22. The van der Waals surface area contributed by atoms with Crippen LogP contribution in [0.2, 0.25) is 0 Å². The van der Waals surface area contributed by atoms with Crippen LogP contribution in [-0.2, 0) is 6.54 Å². The molecular formula is C21H17N3O2S. The smallest absolute Gasteiger partial charge is 0.189 e. The molecule has 0 aliphatic carbocycles. The molecule has 2 heterocycles. The summed E-state index contributed by atoms with van der Waals surface area (Å²) in [7, 11) is 0. The van der Waals surface area contributed by atoms with E-state index in [1.54, 1.807) is 6.92 Å². The summed E-state index contributed by atoms with van der Waals surface area (Å²) < 4.78 is 2.07. The van der Waals surface area contributed by atoms with Crippen molar-refractivity contribution in [2.75, 3.05) is 0 Å². The van der Waals surface area contributed by atoms with Gasteiger partial charge in [-0.25, -0.2) is 4.98 Å². The van der Waals surface area contributed by atoms with Crippen LogP contribution in [0, 0.1) is 18.3 Å². The van der Waals surface area contributed by atoms with E-state index in [9.17, 15) is 15.5 Å². The molecule has 0 saturated carbocycles. The van der Waals surface area contributed by atoms with Gasteiger partial charge in [-0.05, 0) is 30.7 Å². The Morgan fingerprint density at radius 1 is 1.19 bits per heavy atom. The van der Waals surface area contributed by atoms with Gasteiger partial charge in [-0.1, -0.05) is 30.3 Å². The Labute approximate surface area is 160 Å². The van der Waals surface area contributed by atoms with E-state index in [0.29, 0.717) is 27.7 Å². The number of nitriles is 1. The van der Waals surface area contributed by atoms with Crippen LogP contribution in [0.15, 0.2) is 54.7 Å². The summed E-state index contributed by atoms with van der Waals surface area (Å²) in [5, 5.41) is 30.0. The normalized spacial score (nSPS) is 11.2. The zero-order chi connectivity index (χ0) is 19.0. The van der Waals surface area contributed by atoms with Crippen molar-refractivity contribution in [1.82, 2.24) is 9.55 Å². The fraction of sp³-hybridized carbons (Fsp3) is 0.143. The molecule has 0 amide bonds. The highest BCUT2D eigenvalue weighted by Crippen LogP contribution is 2.33. The molecule has 0 unspecified atom stereocenters. The lowest BCUT2D eigenvalue weighted by molar-refractivity contribution is -0.0401. The predicted molar refractivity (Wildman–Crippen MR) is 105 cm³/mol. The van der Waals surface area contributed by atoms with E-state index in [2.05, 4.69) is 27.8 Å². The number of nitrogens with zero attached hydrogens (tertiary/aromatic N) is 3. The largest absolute Gasteiger partial charge is 0.364 e. The maximum Gasteiger partial charge on any atom is 0.189 e. The Balaban J connectivity index is 1.79. The van der Waals surface area contributed by atoms with Crippen molar-refractivity contribution in [3.63, 3.8) is 0 Å². The number of aliphatic hydroxyl groups is 2. The van der Waals surface area contributed by atoms with Gasteiger partial charge in [0.05, 0.1) is 16.1 Å². The Bertz CT molecular complexity index is 1150. The quantitative estimate of drug-likeness (QED) is 0.529. The van der Waals surface area contributed by atoms with Crippen LogP contribution in [0.5, 0.6) is 0 Å². The standard InChI is InChI=1S/C21H17N3O2S/c1-13-19(21(25)26)27-20(23-13)15-7-8-18-17(9-15)16(10-22)12-24(18)11-14-5-3-2-4-6-14/h2-9,12,21,25-26H,11H2,1H3. The Morgan fingerprint density at radius 2 is 1.96 bits per heavy atom. The van der Waals surface area contributed by atoms with Gasteiger partial charge in [-0.2, -0.15) is 5.26 Å². The fourth-order valence-corrected chi connectivity index (χ4v) is 4.14. The zero-order valence-electron chi connectivity index (χ0n) is 14.6. The van der Waals surface area contributed by atoms with E-state index in [-0.39, 0.29) is 0 Å². The van der Waals surface area contributed by atoms with Gasteiger partial charge in [0.1, 0.15) is 11.1 Å². The SMILES string of the molecule is Cc1nc(-c2ccc3c(c2)c(C#N)cn3Cc2ccccc2)sc1C(O)O. The number of rotatable bonds is 4. The third-order valence-electron chi connectivity index (χ3n) is 4.51. The lowest BCUT2D eigenvalue weighted by Crippen LogP contribution is -1.97. The molecule has 0 aliphatic heterocycles. The average molecular weight is 375 g/mol. The van der Waals surface area contributed by atoms with Crippen molar-refractivity contribution in [3.05, 3.63) is 76.4 Å². The first-order valence-corrected chi connectivity index (χ1v) is 9.29. The second kappa shape index (κ2) is 6.97. The molecule has 2 aromatic carbocycles. The number of benzene rings is 2. The highest BCUT2D eigenvalue weighted by atomic mass is 32.1. The molecule has 0 spiro atoms. The second-order valence-electron chi connectivity index (χ2n) is 6.34. The summed E-state index contributed by atoms with van der Waals surface area (Å²) in [6, 6.07) is 18.3. The van der Waals surface area contributed by atoms with Gasteiger partial charge < -0.3 is 14.8 Å². The number of hydrogen-bond donors (Lipinski definition) is 2. The van der Waals surface area contributed by atoms with Gasteiger partial charge in [-0.15, -0.1) is 11.3 Å². The number of aliphatic hydroxyl groups excluding tert-OH is 1. The van der Waals surface area contributed by atoms with Crippen molar-refractivity contribution in [2.24, 2.45) is 0 Å². The molecule has 134 valence electrons. The molecular weight excluding hydrogens is 358 g/mol. The van der Waals surface area contributed by atoms with E-state index < -0.39 is 6.29 Å². The molecule has 27 heavy (non-hydrogen) atoms. The lowest BCUT2D eigenvalue weighted by Gasteiger charge is -2.06. The van der Waals surface area contributed by atoms with Crippen LogP contribution in [0.1, 0.15) is 28.0 Å². The first kappa shape index (κ1) is 17.4. The Kier molecular flexibility index (Phi) is 4.50. The second-order valence-corrected chi connectivity index (χ2v) is 7.37. The van der Waals surface area contributed by atoms with E-state index in [4.69, 9.17) is 0 Å². The Hall–Kier alpha value is -2.98. The maximum absolute atomic E-state index is 9.56. The lowest BCUT2D eigenvalue weighted by atomic mass is 10.1. The minimum atomic E-state index is -1.53. The minimum Gasteiger partial charge on any atom is -0.364 e. The zero-order valence-corrected chi connectivity index (χ0v) is 15.4. The van der Waals surface area contributed by atoms with Gasteiger partial charge in [0.15, 0.2) is 6.29 Å². The fourth-order valence-electron chi connectivity index (χ4n) is 3.20. The summed E-state index contributed by atoms with van der Waals surface area (Å²) in [4.78, 5) is 4.89. The number of thiazole rings is 1. The van der Waals surface area contributed by atoms with E-state index in [1.807, 2.05) is 42.6 Å². The molecule has 2 N–H and O–H groups in total. The molecule has 0 saturated heterocycles. The van der Waals surface area contributed by atoms with Crippen LogP contribution >= 0.6 is 11.3 Å². The number of hydrogen-bond acceptors (Lipinski definition) is 5. The van der Waals surface area contributed by atoms with Crippen LogP contribution in [0.3, 0.4) is 0 Å². The summed E-state index contributed by atoms with van der Waals surface area (Å²) >= 11 is 1.25. The first-order valence-electron chi connectivity index (χ1n) is 8.47. The van der Waals surface area contributed by atoms with Crippen molar-refractivity contribution in [2.45, 2.75) is 19.8 Å². The van der Waals surface area contributed by atoms with Crippen molar-refractivity contribution < 1.29 is 10.2 Å². The molecule has 0 bridgehead atoms. The number of fused-ring (bicyclic) bond motifs is 1. The minimum absolute atomic E-state index is 0.437. The van der Waals surface area contributed by atoms with Crippen LogP contribution in [0.4, 0.5) is 0 Å². The van der Waals surface area contributed by atoms with Crippen molar-refractivity contribution in [3.8, 4) is 16.6 Å². The van der Waals surface area contributed by atoms with Gasteiger partial charge in [0.2, 0.25) is 0 Å². The highest BCUT2D eigenvalue weighted by molar-refractivity contribution is 7.15. The maximum atomic E-state index is 9.56. The third kappa shape index (κ3) is 3.24. The molecule has 4 rings (SSSR count).